The maximum atomic E-state index is 6.12. The number of rotatable bonds is 5. The van der Waals surface area contributed by atoms with Crippen LogP contribution in [0.15, 0.2) is 72.8 Å². The molecule has 4 aromatic rings. The van der Waals surface area contributed by atoms with Crippen LogP contribution in [0.4, 0.5) is 0 Å². The lowest BCUT2D eigenvalue weighted by Crippen LogP contribution is -2.20. The van der Waals surface area contributed by atoms with Gasteiger partial charge in [-0.2, -0.15) is 0 Å². The van der Waals surface area contributed by atoms with Gasteiger partial charge in [-0.15, -0.1) is 11.3 Å². The maximum Gasteiger partial charge on any atom is 0.0815 e. The summed E-state index contributed by atoms with van der Waals surface area (Å²) in [6.45, 7) is 2.14. The van der Waals surface area contributed by atoms with Crippen molar-refractivity contribution in [1.29, 1.82) is 0 Å². The van der Waals surface area contributed by atoms with Crippen molar-refractivity contribution in [3.05, 3.63) is 77.7 Å². The van der Waals surface area contributed by atoms with Crippen LogP contribution in [0.3, 0.4) is 0 Å². The normalized spacial score (nSPS) is 12.4. The summed E-state index contributed by atoms with van der Waals surface area (Å²) in [5.74, 6) is 0. The van der Waals surface area contributed by atoms with E-state index in [0.29, 0.717) is 0 Å². The summed E-state index contributed by atoms with van der Waals surface area (Å²) in [6, 6.07) is 25.7. The largest absolute Gasteiger partial charge is 0.327 e. The van der Waals surface area contributed by atoms with Gasteiger partial charge in [-0.3, -0.25) is 0 Å². The first-order chi connectivity index (χ1) is 12.7. The highest BCUT2D eigenvalue weighted by Crippen LogP contribution is 2.34. The number of fused-ring (bicyclic) bond motifs is 1. The molecule has 0 saturated carbocycles. The molecule has 2 nitrogen and oxygen atoms in total. The third-order valence-electron chi connectivity index (χ3n) is 4.70. The smallest absolute Gasteiger partial charge is 0.0815 e. The van der Waals surface area contributed by atoms with Crippen molar-refractivity contribution in [1.82, 2.24) is 4.98 Å². The van der Waals surface area contributed by atoms with Gasteiger partial charge in [0.2, 0.25) is 0 Å². The third kappa shape index (κ3) is 3.41. The van der Waals surface area contributed by atoms with Gasteiger partial charge in [0.15, 0.2) is 0 Å². The predicted molar refractivity (Wildman–Crippen MR) is 112 cm³/mol. The van der Waals surface area contributed by atoms with Crippen LogP contribution in [-0.4, -0.2) is 11.0 Å². The molecule has 1 atom stereocenters. The van der Waals surface area contributed by atoms with Crippen LogP contribution in [-0.2, 0) is 6.42 Å². The molecule has 2 aromatic heterocycles. The summed E-state index contributed by atoms with van der Waals surface area (Å²) in [5.41, 5.74) is 10.6. The van der Waals surface area contributed by atoms with E-state index in [-0.39, 0.29) is 6.04 Å². The first-order valence-corrected chi connectivity index (χ1v) is 9.86. The SMILES string of the molecule is CCC(N)Cc1ccc(-c2cc(-c3ccccc3)c3ccccc3n2)s1. The Morgan fingerprint density at radius 2 is 1.73 bits per heavy atom. The summed E-state index contributed by atoms with van der Waals surface area (Å²) in [7, 11) is 0. The standard InChI is InChI=1S/C23H22N2S/c1-2-17(24)14-18-12-13-23(26-18)22-15-20(16-8-4-3-5-9-16)19-10-6-7-11-21(19)25-22/h3-13,15,17H,2,14,24H2,1H3. The van der Waals surface area contributed by atoms with Gasteiger partial charge in [-0.25, -0.2) is 4.98 Å². The van der Waals surface area contributed by atoms with E-state index in [1.807, 2.05) is 6.07 Å². The molecule has 0 radical (unpaired) electrons. The fraction of sp³-hybridized carbons (Fsp3) is 0.174. The van der Waals surface area contributed by atoms with Crippen LogP contribution in [0.2, 0.25) is 0 Å². The van der Waals surface area contributed by atoms with Gasteiger partial charge in [0.1, 0.15) is 0 Å². The van der Waals surface area contributed by atoms with E-state index in [9.17, 15) is 0 Å². The second-order valence-electron chi connectivity index (χ2n) is 6.58. The minimum absolute atomic E-state index is 0.228. The summed E-state index contributed by atoms with van der Waals surface area (Å²) >= 11 is 1.80. The molecule has 0 aliphatic carbocycles. The van der Waals surface area contributed by atoms with Crippen molar-refractivity contribution in [2.45, 2.75) is 25.8 Å². The maximum absolute atomic E-state index is 6.12. The zero-order chi connectivity index (χ0) is 17.9. The summed E-state index contributed by atoms with van der Waals surface area (Å²) in [6.07, 6.45) is 1.93. The van der Waals surface area contributed by atoms with Crippen LogP contribution < -0.4 is 5.73 Å². The van der Waals surface area contributed by atoms with Crippen molar-refractivity contribution in [3.8, 4) is 21.7 Å². The van der Waals surface area contributed by atoms with Gasteiger partial charge in [-0.05, 0) is 48.2 Å². The molecule has 0 aliphatic heterocycles. The minimum atomic E-state index is 0.228. The lowest BCUT2D eigenvalue weighted by Gasteiger charge is -2.09. The van der Waals surface area contributed by atoms with Crippen molar-refractivity contribution >= 4 is 22.2 Å². The average molecular weight is 359 g/mol. The quantitative estimate of drug-likeness (QED) is 0.481. The Morgan fingerprint density at radius 3 is 2.54 bits per heavy atom. The topological polar surface area (TPSA) is 38.9 Å². The van der Waals surface area contributed by atoms with E-state index in [4.69, 9.17) is 10.7 Å². The number of hydrogen-bond acceptors (Lipinski definition) is 3. The minimum Gasteiger partial charge on any atom is -0.327 e. The first-order valence-electron chi connectivity index (χ1n) is 9.04. The Kier molecular flexibility index (Phi) is 4.83. The van der Waals surface area contributed by atoms with Crippen molar-refractivity contribution in [2.24, 2.45) is 5.73 Å². The van der Waals surface area contributed by atoms with Gasteiger partial charge in [-0.1, -0.05) is 55.5 Å². The van der Waals surface area contributed by atoms with Gasteiger partial charge >= 0.3 is 0 Å². The van der Waals surface area contributed by atoms with Crippen molar-refractivity contribution in [3.63, 3.8) is 0 Å². The highest BCUT2D eigenvalue weighted by Gasteiger charge is 2.12. The predicted octanol–water partition coefficient (Wildman–Crippen LogP) is 5.91. The fourth-order valence-corrected chi connectivity index (χ4v) is 4.25. The molecule has 0 bridgehead atoms. The summed E-state index contributed by atoms with van der Waals surface area (Å²) in [4.78, 5) is 7.45. The lowest BCUT2D eigenvalue weighted by molar-refractivity contribution is 0.652. The highest BCUT2D eigenvalue weighted by molar-refractivity contribution is 7.15. The van der Waals surface area contributed by atoms with Gasteiger partial charge in [0.05, 0.1) is 16.1 Å². The Balaban J connectivity index is 1.82. The number of benzene rings is 2. The monoisotopic (exact) mass is 358 g/mol. The zero-order valence-corrected chi connectivity index (χ0v) is 15.7. The molecule has 4 rings (SSSR count). The molecule has 0 fully saturated rings. The lowest BCUT2D eigenvalue weighted by atomic mass is 10.00. The van der Waals surface area contributed by atoms with Crippen LogP contribution in [0.25, 0.3) is 32.6 Å². The van der Waals surface area contributed by atoms with Crippen molar-refractivity contribution < 1.29 is 0 Å². The first kappa shape index (κ1) is 17.0. The van der Waals surface area contributed by atoms with Gasteiger partial charge < -0.3 is 5.73 Å². The van der Waals surface area contributed by atoms with Gasteiger partial charge in [0.25, 0.3) is 0 Å². The second-order valence-corrected chi connectivity index (χ2v) is 7.74. The molecule has 2 heterocycles. The molecule has 1 unspecified atom stereocenters. The van der Waals surface area contributed by atoms with E-state index in [1.165, 1.54) is 26.3 Å². The van der Waals surface area contributed by atoms with E-state index >= 15 is 0 Å². The molecular weight excluding hydrogens is 336 g/mol. The van der Waals surface area contributed by atoms with E-state index in [1.54, 1.807) is 11.3 Å². The molecular formula is C23H22N2S. The number of para-hydroxylation sites is 1. The molecule has 2 aromatic carbocycles. The van der Waals surface area contributed by atoms with E-state index < -0.39 is 0 Å². The third-order valence-corrected chi connectivity index (χ3v) is 5.83. The number of hydrogen-bond donors (Lipinski definition) is 1. The molecule has 0 amide bonds. The molecule has 130 valence electrons. The Bertz CT molecular complexity index is 1020. The Morgan fingerprint density at radius 1 is 0.962 bits per heavy atom. The Hall–Kier alpha value is -2.49. The number of nitrogens with zero attached hydrogens (tertiary/aromatic N) is 1. The zero-order valence-electron chi connectivity index (χ0n) is 14.9. The number of aromatic nitrogens is 1. The van der Waals surface area contributed by atoms with Crippen LogP contribution in [0.1, 0.15) is 18.2 Å². The molecule has 2 N–H and O–H groups in total. The van der Waals surface area contributed by atoms with E-state index in [0.717, 1.165) is 24.1 Å². The van der Waals surface area contributed by atoms with Gasteiger partial charge in [0, 0.05) is 16.3 Å². The van der Waals surface area contributed by atoms with Crippen LogP contribution in [0.5, 0.6) is 0 Å². The number of nitrogens with two attached hydrogens (primary N) is 1. The molecule has 3 heteroatoms. The Labute approximate surface area is 158 Å². The molecule has 0 aliphatic rings. The average Bonchev–Trinajstić information content (AvgIpc) is 3.16. The molecule has 0 saturated heterocycles. The molecule has 26 heavy (non-hydrogen) atoms. The number of pyridine rings is 1. The van der Waals surface area contributed by atoms with E-state index in [2.05, 4.69) is 73.7 Å². The second kappa shape index (κ2) is 7.40. The highest BCUT2D eigenvalue weighted by atomic mass is 32.1. The summed E-state index contributed by atoms with van der Waals surface area (Å²) < 4.78 is 0. The molecule has 0 spiro atoms. The van der Waals surface area contributed by atoms with Crippen molar-refractivity contribution in [2.75, 3.05) is 0 Å². The van der Waals surface area contributed by atoms with Crippen LogP contribution in [0, 0.1) is 0 Å². The fourth-order valence-electron chi connectivity index (χ4n) is 3.19. The number of thiophene rings is 1. The summed E-state index contributed by atoms with van der Waals surface area (Å²) in [5, 5.41) is 1.19. The van der Waals surface area contributed by atoms with Crippen LogP contribution >= 0.6 is 11.3 Å².